The first-order valence-corrected chi connectivity index (χ1v) is 8.15. The summed E-state index contributed by atoms with van der Waals surface area (Å²) in [5.41, 5.74) is 1.44. The summed E-state index contributed by atoms with van der Waals surface area (Å²) in [4.78, 5) is 29.0. The predicted octanol–water partition coefficient (Wildman–Crippen LogP) is 4.47. The fraction of sp³-hybridized carbons (Fsp3) is 0. The van der Waals surface area contributed by atoms with E-state index in [0.29, 0.717) is 26.9 Å². The molecule has 4 nitrogen and oxygen atoms in total. The van der Waals surface area contributed by atoms with Crippen LogP contribution in [0.4, 0.5) is 10.1 Å². The van der Waals surface area contributed by atoms with Crippen molar-refractivity contribution in [1.82, 2.24) is 4.98 Å². The monoisotopic (exact) mass is 398 g/mol. The Hall–Kier alpha value is -2.86. The zero-order valence-corrected chi connectivity index (χ0v) is 14.5. The summed E-state index contributed by atoms with van der Waals surface area (Å²) in [6, 6.07) is 13.4. The molecule has 124 valence electrons. The van der Waals surface area contributed by atoms with Crippen molar-refractivity contribution in [2.75, 3.05) is 5.32 Å². The van der Waals surface area contributed by atoms with Crippen LogP contribution in [0.25, 0.3) is 0 Å². The SMILES string of the molecule is O=C(Nc1ccc(Br)cc1C(=O)c1ccc(F)cc1)c1ccncc1. The van der Waals surface area contributed by atoms with Gasteiger partial charge in [-0.2, -0.15) is 0 Å². The van der Waals surface area contributed by atoms with Gasteiger partial charge in [-0.3, -0.25) is 14.6 Å². The van der Waals surface area contributed by atoms with Gasteiger partial charge in [-0.25, -0.2) is 4.39 Å². The van der Waals surface area contributed by atoms with Crippen molar-refractivity contribution >= 4 is 33.3 Å². The first kappa shape index (κ1) is 17.0. The number of nitrogens with one attached hydrogen (secondary N) is 1. The molecule has 0 aliphatic carbocycles. The van der Waals surface area contributed by atoms with Crippen molar-refractivity contribution in [1.29, 1.82) is 0 Å². The molecular formula is C19H12BrFN2O2. The van der Waals surface area contributed by atoms with Crippen molar-refractivity contribution < 1.29 is 14.0 Å². The van der Waals surface area contributed by atoms with Crippen LogP contribution in [0.3, 0.4) is 0 Å². The van der Waals surface area contributed by atoms with Gasteiger partial charge in [-0.15, -0.1) is 0 Å². The van der Waals surface area contributed by atoms with E-state index in [2.05, 4.69) is 26.2 Å². The Morgan fingerprint density at radius 2 is 1.60 bits per heavy atom. The van der Waals surface area contributed by atoms with E-state index in [1.54, 1.807) is 30.3 Å². The van der Waals surface area contributed by atoms with E-state index in [1.165, 1.54) is 36.7 Å². The normalized spacial score (nSPS) is 10.3. The van der Waals surface area contributed by atoms with Crippen molar-refractivity contribution in [2.45, 2.75) is 0 Å². The summed E-state index contributed by atoms with van der Waals surface area (Å²) in [5, 5.41) is 2.73. The fourth-order valence-electron chi connectivity index (χ4n) is 2.27. The topological polar surface area (TPSA) is 59.1 Å². The van der Waals surface area contributed by atoms with Gasteiger partial charge in [0, 0.05) is 33.6 Å². The maximum absolute atomic E-state index is 13.1. The summed E-state index contributed by atoms with van der Waals surface area (Å²) in [6.45, 7) is 0. The molecule has 1 N–H and O–H groups in total. The molecule has 1 aromatic heterocycles. The predicted molar refractivity (Wildman–Crippen MR) is 96.2 cm³/mol. The third-order valence-corrected chi connectivity index (χ3v) is 4.02. The summed E-state index contributed by atoms with van der Waals surface area (Å²) < 4.78 is 13.8. The van der Waals surface area contributed by atoms with Crippen molar-refractivity contribution in [3.63, 3.8) is 0 Å². The van der Waals surface area contributed by atoms with Crippen molar-refractivity contribution in [3.05, 3.63) is 94.0 Å². The molecule has 3 aromatic rings. The number of carbonyl (C=O) groups excluding carboxylic acids is 2. The summed E-state index contributed by atoms with van der Waals surface area (Å²) in [7, 11) is 0. The van der Waals surface area contributed by atoms with Crippen LogP contribution in [0.2, 0.25) is 0 Å². The number of benzene rings is 2. The van der Waals surface area contributed by atoms with Crippen LogP contribution in [-0.2, 0) is 0 Å². The summed E-state index contributed by atoms with van der Waals surface area (Å²) in [6.07, 6.45) is 3.03. The van der Waals surface area contributed by atoms with Gasteiger partial charge in [-0.1, -0.05) is 15.9 Å². The lowest BCUT2D eigenvalue weighted by Crippen LogP contribution is -2.15. The lowest BCUT2D eigenvalue weighted by molar-refractivity contribution is 0.102. The van der Waals surface area contributed by atoms with E-state index >= 15 is 0 Å². The minimum Gasteiger partial charge on any atom is -0.321 e. The van der Waals surface area contributed by atoms with Crippen LogP contribution in [0.15, 0.2) is 71.5 Å². The highest BCUT2D eigenvalue weighted by Crippen LogP contribution is 2.24. The minimum atomic E-state index is -0.419. The highest BCUT2D eigenvalue weighted by atomic mass is 79.9. The Morgan fingerprint density at radius 3 is 2.28 bits per heavy atom. The van der Waals surface area contributed by atoms with E-state index in [1.807, 2.05) is 0 Å². The quantitative estimate of drug-likeness (QED) is 0.659. The largest absolute Gasteiger partial charge is 0.321 e. The van der Waals surface area contributed by atoms with E-state index in [0.717, 1.165) is 0 Å². The smallest absolute Gasteiger partial charge is 0.255 e. The van der Waals surface area contributed by atoms with Crippen molar-refractivity contribution in [2.24, 2.45) is 0 Å². The Kier molecular flexibility index (Phi) is 5.00. The number of carbonyl (C=O) groups is 2. The van der Waals surface area contributed by atoms with E-state index in [4.69, 9.17) is 0 Å². The number of amides is 1. The van der Waals surface area contributed by atoms with Crippen LogP contribution >= 0.6 is 15.9 Å². The first-order valence-electron chi connectivity index (χ1n) is 7.36. The van der Waals surface area contributed by atoms with Crippen LogP contribution in [0.5, 0.6) is 0 Å². The first-order chi connectivity index (χ1) is 12.0. The molecular weight excluding hydrogens is 387 g/mol. The van der Waals surface area contributed by atoms with Gasteiger partial charge in [0.05, 0.1) is 5.69 Å². The fourth-order valence-corrected chi connectivity index (χ4v) is 2.63. The molecule has 1 amide bonds. The second-order valence-electron chi connectivity index (χ2n) is 5.22. The molecule has 6 heteroatoms. The molecule has 0 unspecified atom stereocenters. The second kappa shape index (κ2) is 7.36. The maximum atomic E-state index is 13.1. The number of halogens is 2. The molecule has 0 saturated heterocycles. The molecule has 3 rings (SSSR count). The van der Waals surface area contributed by atoms with Gasteiger partial charge in [0.2, 0.25) is 0 Å². The lowest BCUT2D eigenvalue weighted by atomic mass is 10.0. The van der Waals surface area contributed by atoms with Crippen LogP contribution in [0, 0.1) is 5.82 Å². The van der Waals surface area contributed by atoms with Gasteiger partial charge in [0.25, 0.3) is 5.91 Å². The zero-order valence-electron chi connectivity index (χ0n) is 12.9. The van der Waals surface area contributed by atoms with E-state index in [9.17, 15) is 14.0 Å². The second-order valence-corrected chi connectivity index (χ2v) is 6.13. The summed E-state index contributed by atoms with van der Waals surface area (Å²) in [5.74, 6) is -1.08. The molecule has 2 aromatic carbocycles. The molecule has 0 spiro atoms. The highest BCUT2D eigenvalue weighted by molar-refractivity contribution is 9.10. The minimum absolute atomic E-state index is 0.309. The standard InChI is InChI=1S/C19H12BrFN2O2/c20-14-3-6-17(23-19(25)13-7-9-22-10-8-13)16(11-14)18(24)12-1-4-15(21)5-2-12/h1-11H,(H,23,25). The van der Waals surface area contributed by atoms with Gasteiger partial charge in [-0.05, 0) is 54.6 Å². The molecule has 0 aliphatic heterocycles. The Balaban J connectivity index is 1.94. The number of hydrogen-bond donors (Lipinski definition) is 1. The molecule has 0 fully saturated rings. The molecule has 0 radical (unpaired) electrons. The molecule has 25 heavy (non-hydrogen) atoms. The average molecular weight is 399 g/mol. The number of anilines is 1. The third kappa shape index (κ3) is 3.97. The number of aromatic nitrogens is 1. The van der Waals surface area contributed by atoms with Crippen LogP contribution in [-0.4, -0.2) is 16.7 Å². The van der Waals surface area contributed by atoms with Crippen LogP contribution < -0.4 is 5.32 Å². The zero-order chi connectivity index (χ0) is 17.8. The molecule has 1 heterocycles. The number of rotatable bonds is 4. The molecule has 0 bridgehead atoms. The van der Waals surface area contributed by atoms with Gasteiger partial charge >= 0.3 is 0 Å². The average Bonchev–Trinajstić information content (AvgIpc) is 2.64. The lowest BCUT2D eigenvalue weighted by Gasteiger charge is -2.11. The Morgan fingerprint density at radius 1 is 0.920 bits per heavy atom. The van der Waals surface area contributed by atoms with Crippen molar-refractivity contribution in [3.8, 4) is 0 Å². The number of pyridine rings is 1. The number of ketones is 1. The Labute approximate surface area is 151 Å². The van der Waals surface area contributed by atoms with Gasteiger partial charge in [0.15, 0.2) is 5.78 Å². The third-order valence-electron chi connectivity index (χ3n) is 3.52. The highest BCUT2D eigenvalue weighted by Gasteiger charge is 2.16. The molecule has 0 aliphatic rings. The molecule has 0 saturated carbocycles. The molecule has 0 atom stereocenters. The van der Waals surface area contributed by atoms with E-state index < -0.39 is 5.82 Å². The maximum Gasteiger partial charge on any atom is 0.255 e. The summed E-state index contributed by atoms with van der Waals surface area (Å²) >= 11 is 3.33. The Bertz CT molecular complexity index is 928. The number of hydrogen-bond acceptors (Lipinski definition) is 3. The number of nitrogens with zero attached hydrogens (tertiary/aromatic N) is 1. The van der Waals surface area contributed by atoms with E-state index in [-0.39, 0.29) is 11.7 Å². The van der Waals surface area contributed by atoms with Gasteiger partial charge < -0.3 is 5.32 Å². The van der Waals surface area contributed by atoms with Crippen LogP contribution in [0.1, 0.15) is 26.3 Å². The van der Waals surface area contributed by atoms with Gasteiger partial charge in [0.1, 0.15) is 5.82 Å².